The number of benzene rings is 2. The highest BCUT2D eigenvalue weighted by Gasteiger charge is 2.28. The fraction of sp³-hybridized carbons (Fsp3) is 0.263. The van der Waals surface area contributed by atoms with Gasteiger partial charge in [-0.25, -0.2) is 8.60 Å². The lowest BCUT2D eigenvalue weighted by molar-refractivity contribution is 0.0530. The zero-order valence-corrected chi connectivity index (χ0v) is 16.4. The number of hydrogen-bond acceptors (Lipinski definition) is 4. The molecule has 0 saturated carbocycles. The minimum absolute atomic E-state index is 0.00914. The van der Waals surface area contributed by atoms with Crippen molar-refractivity contribution in [3.05, 3.63) is 58.9 Å². The van der Waals surface area contributed by atoms with Crippen molar-refractivity contribution in [2.75, 3.05) is 30.9 Å². The molecule has 1 unspecified atom stereocenters. The van der Waals surface area contributed by atoms with E-state index in [2.05, 4.69) is 4.72 Å². The molecule has 1 aliphatic heterocycles. The molecule has 0 aliphatic carbocycles. The van der Waals surface area contributed by atoms with Crippen molar-refractivity contribution in [1.82, 2.24) is 9.80 Å². The number of nitrogens with zero attached hydrogens (tertiary/aromatic N) is 2. The number of aryl methyl sites for hydroxylation is 1. The number of phenolic OH excluding ortho intramolecular Hbond substituents is 1. The van der Waals surface area contributed by atoms with Crippen LogP contribution in [0.3, 0.4) is 0 Å². The highest BCUT2D eigenvalue weighted by molar-refractivity contribution is 7.80. The number of carbonyl (C=O) groups excluding carboxylic acids is 2. The van der Waals surface area contributed by atoms with Crippen molar-refractivity contribution in [1.29, 1.82) is 0 Å². The molecule has 154 valence electrons. The predicted octanol–water partition coefficient (Wildman–Crippen LogP) is 1.99. The van der Waals surface area contributed by atoms with Crippen LogP contribution in [0.1, 0.15) is 26.3 Å². The van der Waals surface area contributed by atoms with Gasteiger partial charge >= 0.3 is 0 Å². The Labute approximate surface area is 169 Å². The highest BCUT2D eigenvalue weighted by Crippen LogP contribution is 2.28. The minimum atomic E-state index is -2.30. The number of halogens is 1. The van der Waals surface area contributed by atoms with Gasteiger partial charge in [0.15, 0.2) is 0 Å². The third kappa shape index (κ3) is 4.54. The number of phenols is 1. The smallest absolute Gasteiger partial charge is 0.259 e. The number of nitrogens with one attached hydrogen (secondary N) is 1. The number of aromatic hydroxyl groups is 1. The van der Waals surface area contributed by atoms with Crippen LogP contribution in [0.4, 0.5) is 10.1 Å². The van der Waals surface area contributed by atoms with Gasteiger partial charge < -0.3 is 14.9 Å². The fourth-order valence-corrected chi connectivity index (χ4v) is 3.60. The number of amides is 2. The Hall–Kier alpha value is -2.98. The normalized spacial score (nSPS) is 15.1. The summed E-state index contributed by atoms with van der Waals surface area (Å²) in [7, 11) is 0. The lowest BCUT2D eigenvalue weighted by Gasteiger charge is -2.35. The van der Waals surface area contributed by atoms with Crippen LogP contribution in [0.15, 0.2) is 36.4 Å². The van der Waals surface area contributed by atoms with Crippen molar-refractivity contribution in [3.63, 3.8) is 0 Å². The maximum Gasteiger partial charge on any atom is 0.259 e. The second-order valence-corrected chi connectivity index (χ2v) is 7.31. The molecule has 29 heavy (non-hydrogen) atoms. The molecule has 1 fully saturated rings. The van der Waals surface area contributed by atoms with Crippen LogP contribution in [-0.4, -0.2) is 61.7 Å². The molecular weight excluding hydrogens is 401 g/mol. The van der Waals surface area contributed by atoms with Crippen LogP contribution >= 0.6 is 0 Å². The zero-order valence-electron chi connectivity index (χ0n) is 15.6. The second kappa shape index (κ2) is 8.58. The average Bonchev–Trinajstić information content (AvgIpc) is 2.67. The molecule has 2 aromatic rings. The molecule has 0 spiro atoms. The lowest BCUT2D eigenvalue weighted by atomic mass is 10.0. The molecule has 1 aliphatic rings. The van der Waals surface area contributed by atoms with Crippen molar-refractivity contribution >= 4 is 28.8 Å². The van der Waals surface area contributed by atoms with Gasteiger partial charge in [0.2, 0.25) is 0 Å². The standard InChI is InChI=1S/C19H20FN3O5S/c1-12-10-13(21-29(27)28)11-16(24)17(12)19(26)23-8-6-22(7-9-23)18(25)14-4-2-3-5-15(14)20/h2-5,10-11,21,24H,6-9H2,1H3,(H,27,28). The summed E-state index contributed by atoms with van der Waals surface area (Å²) in [6, 6.07) is 8.43. The number of rotatable bonds is 4. The van der Waals surface area contributed by atoms with E-state index < -0.39 is 28.9 Å². The van der Waals surface area contributed by atoms with Crippen LogP contribution in [-0.2, 0) is 11.3 Å². The third-order valence-corrected chi connectivity index (χ3v) is 5.10. The molecule has 1 heterocycles. The summed E-state index contributed by atoms with van der Waals surface area (Å²) in [6.07, 6.45) is 0. The molecule has 1 saturated heterocycles. The first-order valence-electron chi connectivity index (χ1n) is 8.82. The number of carbonyl (C=O) groups is 2. The lowest BCUT2D eigenvalue weighted by Crippen LogP contribution is -2.50. The third-order valence-electron chi connectivity index (χ3n) is 4.69. The zero-order chi connectivity index (χ0) is 21.1. The van der Waals surface area contributed by atoms with E-state index in [1.165, 1.54) is 40.1 Å². The summed E-state index contributed by atoms with van der Waals surface area (Å²) in [5.74, 6) is -1.74. The van der Waals surface area contributed by atoms with Crippen molar-refractivity contribution in [2.45, 2.75) is 6.92 Å². The van der Waals surface area contributed by atoms with E-state index in [0.717, 1.165) is 0 Å². The molecule has 10 heteroatoms. The quantitative estimate of drug-likeness (QED) is 0.654. The van der Waals surface area contributed by atoms with Crippen molar-refractivity contribution < 1.29 is 27.8 Å². The molecule has 1 atom stereocenters. The van der Waals surface area contributed by atoms with E-state index in [-0.39, 0.29) is 48.7 Å². The van der Waals surface area contributed by atoms with Gasteiger partial charge in [0.25, 0.3) is 23.1 Å². The van der Waals surface area contributed by atoms with Crippen molar-refractivity contribution in [3.8, 4) is 5.75 Å². The molecular formula is C19H20FN3O5S. The number of anilines is 1. The SMILES string of the molecule is Cc1cc(NS(=O)O)cc(O)c1C(=O)N1CCN(C(=O)c2ccccc2F)CC1. The first-order chi connectivity index (χ1) is 13.8. The molecule has 0 radical (unpaired) electrons. The van der Waals surface area contributed by atoms with E-state index in [1.807, 2.05) is 0 Å². The minimum Gasteiger partial charge on any atom is -0.507 e. The van der Waals surface area contributed by atoms with Crippen molar-refractivity contribution in [2.24, 2.45) is 0 Å². The Morgan fingerprint density at radius 3 is 2.21 bits per heavy atom. The Bertz CT molecular complexity index is 953. The molecule has 3 rings (SSSR count). The Morgan fingerprint density at radius 2 is 1.66 bits per heavy atom. The first-order valence-corrected chi connectivity index (χ1v) is 9.93. The summed E-state index contributed by atoms with van der Waals surface area (Å²) in [5, 5.41) is 10.2. The molecule has 2 aromatic carbocycles. The van der Waals surface area contributed by atoms with Gasteiger partial charge in [0.05, 0.1) is 16.8 Å². The Kier molecular flexibility index (Phi) is 6.14. The predicted molar refractivity (Wildman–Crippen MR) is 105 cm³/mol. The van der Waals surface area contributed by atoms with Gasteiger partial charge in [-0.05, 0) is 30.7 Å². The summed E-state index contributed by atoms with van der Waals surface area (Å²) in [5.41, 5.74) is 0.726. The maximum atomic E-state index is 13.8. The van der Waals surface area contributed by atoms with E-state index in [1.54, 1.807) is 13.0 Å². The summed E-state index contributed by atoms with van der Waals surface area (Å²) >= 11 is -2.30. The maximum absolute atomic E-state index is 13.8. The van der Waals surface area contributed by atoms with E-state index in [0.29, 0.717) is 5.56 Å². The monoisotopic (exact) mass is 421 g/mol. The van der Waals surface area contributed by atoms with E-state index in [4.69, 9.17) is 4.55 Å². The van der Waals surface area contributed by atoms with E-state index >= 15 is 0 Å². The number of hydrogen-bond donors (Lipinski definition) is 3. The Balaban J connectivity index is 1.70. The van der Waals surface area contributed by atoms with Gasteiger partial charge in [0.1, 0.15) is 11.6 Å². The highest BCUT2D eigenvalue weighted by atomic mass is 32.2. The van der Waals surface area contributed by atoms with Crippen LogP contribution < -0.4 is 4.72 Å². The summed E-state index contributed by atoms with van der Waals surface area (Å²) in [6.45, 7) is 2.55. The van der Waals surface area contributed by atoms with Crippen LogP contribution in [0, 0.1) is 12.7 Å². The fourth-order valence-electron chi connectivity index (χ4n) is 3.28. The van der Waals surface area contributed by atoms with Gasteiger partial charge in [-0.1, -0.05) is 12.1 Å². The molecule has 0 aromatic heterocycles. The van der Waals surface area contributed by atoms with Crippen LogP contribution in [0.25, 0.3) is 0 Å². The largest absolute Gasteiger partial charge is 0.507 e. The summed E-state index contributed by atoms with van der Waals surface area (Å²) < 4.78 is 35.8. The van der Waals surface area contributed by atoms with Crippen LogP contribution in [0.5, 0.6) is 5.75 Å². The molecule has 2 amide bonds. The summed E-state index contributed by atoms with van der Waals surface area (Å²) in [4.78, 5) is 28.3. The van der Waals surface area contributed by atoms with Gasteiger partial charge in [-0.15, -0.1) is 0 Å². The Morgan fingerprint density at radius 1 is 1.07 bits per heavy atom. The average molecular weight is 421 g/mol. The van der Waals surface area contributed by atoms with Gasteiger partial charge in [-0.3, -0.25) is 18.9 Å². The van der Waals surface area contributed by atoms with Crippen LogP contribution in [0.2, 0.25) is 0 Å². The molecule has 8 nitrogen and oxygen atoms in total. The number of piperazine rings is 1. The second-order valence-electron chi connectivity index (χ2n) is 6.60. The van der Waals surface area contributed by atoms with Gasteiger partial charge in [-0.2, -0.15) is 0 Å². The van der Waals surface area contributed by atoms with E-state index in [9.17, 15) is 23.3 Å². The first kappa shape index (κ1) is 20.7. The van der Waals surface area contributed by atoms with Gasteiger partial charge in [0, 0.05) is 32.2 Å². The molecule has 0 bridgehead atoms. The molecule has 3 N–H and O–H groups in total. The topological polar surface area (TPSA) is 110 Å².